The number of amides is 1. The van der Waals surface area contributed by atoms with E-state index in [2.05, 4.69) is 9.50 Å². The Hall–Kier alpha value is -1.60. The van der Waals surface area contributed by atoms with Crippen LogP contribution in [-0.2, 0) is 25.6 Å². The summed E-state index contributed by atoms with van der Waals surface area (Å²) in [5.41, 5.74) is 0.861. The number of carbonyl (C=O) groups excluding carboxylic acids is 1. The Kier molecular flexibility index (Phi) is 6.31. The lowest BCUT2D eigenvalue weighted by Gasteiger charge is -2.07. The van der Waals surface area contributed by atoms with Crippen LogP contribution in [0.3, 0.4) is 0 Å². The van der Waals surface area contributed by atoms with Crippen LogP contribution in [0.1, 0.15) is 12.5 Å². The van der Waals surface area contributed by atoms with Gasteiger partial charge in [0.1, 0.15) is 6.61 Å². The molecule has 0 spiro atoms. The molecule has 6 nitrogen and oxygen atoms in total. The fourth-order valence-electron chi connectivity index (χ4n) is 1.29. The van der Waals surface area contributed by atoms with Crippen LogP contribution in [-0.4, -0.2) is 33.4 Å². The Morgan fingerprint density at radius 1 is 1.26 bits per heavy atom. The fraction of sp³-hybridized carbons (Fsp3) is 0.417. The molecule has 0 saturated carbocycles. The third-order valence-corrected chi connectivity index (χ3v) is 3.43. The Bertz CT molecular complexity index is 486. The molecule has 0 fully saturated rings. The van der Waals surface area contributed by atoms with Gasteiger partial charge in [-0.05, 0) is 12.5 Å². The summed E-state index contributed by atoms with van der Waals surface area (Å²) in [5.74, 6) is -0.277. The first-order valence-electron chi connectivity index (χ1n) is 5.85. The summed E-state index contributed by atoms with van der Waals surface area (Å²) in [6, 6.07) is 9.19. The molecule has 0 bridgehead atoms. The van der Waals surface area contributed by atoms with Gasteiger partial charge in [-0.2, -0.15) is 8.42 Å². The first kappa shape index (κ1) is 15.5. The molecule has 1 aromatic carbocycles. The second-order valence-electron chi connectivity index (χ2n) is 3.66. The molecule has 0 atom stereocenters. The smallest absolute Gasteiger partial charge is 0.407 e. The summed E-state index contributed by atoms with van der Waals surface area (Å²) in [6.45, 7) is 1.76. The fourth-order valence-corrected chi connectivity index (χ4v) is 2.12. The van der Waals surface area contributed by atoms with E-state index in [-0.39, 0.29) is 25.5 Å². The average Bonchev–Trinajstić information content (AvgIpc) is 2.37. The predicted octanol–water partition coefficient (Wildman–Crippen LogP) is 1.28. The van der Waals surface area contributed by atoms with Gasteiger partial charge in [-0.1, -0.05) is 30.3 Å². The van der Waals surface area contributed by atoms with Gasteiger partial charge in [0, 0.05) is 6.54 Å². The minimum absolute atomic E-state index is 0.0457. The number of benzene rings is 1. The standard InChI is InChI=1S/C12H17NO5S/c1-2-18-19(15,16)9-8-13-12(14)17-10-11-6-4-3-5-7-11/h3-7H,2,8-10H2,1H3,(H,13,14). The van der Waals surface area contributed by atoms with Crippen LogP contribution in [0, 0.1) is 0 Å². The predicted molar refractivity (Wildman–Crippen MR) is 70.0 cm³/mol. The van der Waals surface area contributed by atoms with Crippen LogP contribution >= 0.6 is 0 Å². The number of ether oxygens (including phenoxy) is 1. The topological polar surface area (TPSA) is 81.7 Å². The average molecular weight is 287 g/mol. The van der Waals surface area contributed by atoms with Crippen molar-refractivity contribution in [1.82, 2.24) is 5.32 Å². The zero-order valence-electron chi connectivity index (χ0n) is 10.7. The van der Waals surface area contributed by atoms with E-state index in [1.807, 2.05) is 30.3 Å². The maximum Gasteiger partial charge on any atom is 0.407 e. The number of hydrogen-bond donors (Lipinski definition) is 1. The van der Waals surface area contributed by atoms with Crippen molar-refractivity contribution in [3.8, 4) is 0 Å². The third kappa shape index (κ3) is 6.78. The van der Waals surface area contributed by atoms with Crippen LogP contribution in [0.5, 0.6) is 0 Å². The summed E-state index contributed by atoms with van der Waals surface area (Å²) in [5, 5.41) is 2.35. The van der Waals surface area contributed by atoms with Gasteiger partial charge >= 0.3 is 6.09 Å². The lowest BCUT2D eigenvalue weighted by Crippen LogP contribution is -2.30. The maximum atomic E-state index is 11.3. The molecule has 1 rings (SSSR count). The van der Waals surface area contributed by atoms with Crippen molar-refractivity contribution in [2.24, 2.45) is 0 Å². The van der Waals surface area contributed by atoms with Crippen molar-refractivity contribution < 1.29 is 22.1 Å². The normalized spacial score (nSPS) is 11.0. The highest BCUT2D eigenvalue weighted by Gasteiger charge is 2.11. The van der Waals surface area contributed by atoms with Crippen molar-refractivity contribution in [3.63, 3.8) is 0 Å². The van der Waals surface area contributed by atoms with E-state index in [9.17, 15) is 13.2 Å². The second-order valence-corrected chi connectivity index (χ2v) is 5.42. The lowest BCUT2D eigenvalue weighted by atomic mass is 10.2. The van der Waals surface area contributed by atoms with Gasteiger partial charge in [-0.3, -0.25) is 4.18 Å². The van der Waals surface area contributed by atoms with Crippen molar-refractivity contribution >= 4 is 16.2 Å². The van der Waals surface area contributed by atoms with E-state index in [0.717, 1.165) is 5.56 Å². The molecule has 0 radical (unpaired) electrons. The Balaban J connectivity index is 2.22. The van der Waals surface area contributed by atoms with Crippen LogP contribution in [0.2, 0.25) is 0 Å². The van der Waals surface area contributed by atoms with Gasteiger partial charge in [0.2, 0.25) is 0 Å². The number of hydrogen-bond acceptors (Lipinski definition) is 5. The maximum absolute atomic E-state index is 11.3. The van der Waals surface area contributed by atoms with Crippen LogP contribution < -0.4 is 5.32 Å². The Morgan fingerprint density at radius 2 is 1.95 bits per heavy atom. The molecule has 0 saturated heterocycles. The highest BCUT2D eigenvalue weighted by atomic mass is 32.2. The monoisotopic (exact) mass is 287 g/mol. The van der Waals surface area contributed by atoms with Crippen molar-refractivity contribution in [1.29, 1.82) is 0 Å². The van der Waals surface area contributed by atoms with Gasteiger partial charge < -0.3 is 10.1 Å². The van der Waals surface area contributed by atoms with E-state index < -0.39 is 16.2 Å². The van der Waals surface area contributed by atoms with Gasteiger partial charge in [-0.25, -0.2) is 4.79 Å². The van der Waals surface area contributed by atoms with Crippen molar-refractivity contribution in [2.75, 3.05) is 18.9 Å². The van der Waals surface area contributed by atoms with Gasteiger partial charge in [0.15, 0.2) is 0 Å². The highest BCUT2D eigenvalue weighted by molar-refractivity contribution is 7.86. The SMILES string of the molecule is CCOS(=O)(=O)CCNC(=O)OCc1ccccc1. The molecule has 7 heteroatoms. The van der Waals surface area contributed by atoms with E-state index >= 15 is 0 Å². The zero-order valence-corrected chi connectivity index (χ0v) is 11.5. The molecule has 1 amide bonds. The quantitative estimate of drug-likeness (QED) is 0.764. The van der Waals surface area contributed by atoms with Gasteiger partial charge in [-0.15, -0.1) is 0 Å². The van der Waals surface area contributed by atoms with Crippen molar-refractivity contribution in [2.45, 2.75) is 13.5 Å². The zero-order chi connectivity index (χ0) is 14.1. The number of carbonyl (C=O) groups is 1. The summed E-state index contributed by atoms with van der Waals surface area (Å²) < 4.78 is 31.8. The molecule has 0 aliphatic heterocycles. The minimum Gasteiger partial charge on any atom is -0.445 e. The van der Waals surface area contributed by atoms with E-state index in [4.69, 9.17) is 4.74 Å². The van der Waals surface area contributed by atoms with E-state index in [0.29, 0.717) is 0 Å². The summed E-state index contributed by atoms with van der Waals surface area (Å²) in [7, 11) is -3.56. The van der Waals surface area contributed by atoms with Gasteiger partial charge in [0.25, 0.3) is 10.1 Å². The molecular weight excluding hydrogens is 270 g/mol. The minimum atomic E-state index is -3.56. The molecule has 0 aromatic heterocycles. The van der Waals surface area contributed by atoms with E-state index in [1.165, 1.54) is 0 Å². The summed E-state index contributed by atoms with van der Waals surface area (Å²) >= 11 is 0. The number of alkyl carbamates (subject to hydrolysis) is 1. The Morgan fingerprint density at radius 3 is 2.58 bits per heavy atom. The molecule has 106 valence electrons. The highest BCUT2D eigenvalue weighted by Crippen LogP contribution is 2.00. The molecule has 0 aliphatic carbocycles. The lowest BCUT2D eigenvalue weighted by molar-refractivity contribution is 0.140. The van der Waals surface area contributed by atoms with Crippen LogP contribution in [0.25, 0.3) is 0 Å². The number of nitrogens with one attached hydrogen (secondary N) is 1. The Labute approximate surface area is 112 Å². The largest absolute Gasteiger partial charge is 0.445 e. The molecular formula is C12H17NO5S. The summed E-state index contributed by atoms with van der Waals surface area (Å²) in [6.07, 6.45) is -0.657. The molecule has 1 aromatic rings. The van der Waals surface area contributed by atoms with Crippen LogP contribution in [0.4, 0.5) is 4.79 Å². The van der Waals surface area contributed by atoms with Gasteiger partial charge in [0.05, 0.1) is 12.4 Å². The molecule has 0 unspecified atom stereocenters. The third-order valence-electron chi connectivity index (χ3n) is 2.13. The molecule has 0 aliphatic rings. The molecule has 1 N–H and O–H groups in total. The van der Waals surface area contributed by atoms with E-state index in [1.54, 1.807) is 6.92 Å². The van der Waals surface area contributed by atoms with Crippen LogP contribution in [0.15, 0.2) is 30.3 Å². The molecule has 0 heterocycles. The number of rotatable bonds is 7. The van der Waals surface area contributed by atoms with Crippen molar-refractivity contribution in [3.05, 3.63) is 35.9 Å². The first-order chi connectivity index (χ1) is 9.03. The second kappa shape index (κ2) is 7.75. The summed E-state index contributed by atoms with van der Waals surface area (Å²) in [4.78, 5) is 11.3. The first-order valence-corrected chi connectivity index (χ1v) is 7.43. The molecule has 19 heavy (non-hydrogen) atoms.